The Morgan fingerprint density at radius 2 is 2.33 bits per heavy atom. The summed E-state index contributed by atoms with van der Waals surface area (Å²) in [5.74, 6) is -0.433. The number of amides is 1. The van der Waals surface area contributed by atoms with Crippen molar-refractivity contribution in [3.05, 3.63) is 23.8 Å². The van der Waals surface area contributed by atoms with Crippen LogP contribution in [0.3, 0.4) is 0 Å². The van der Waals surface area contributed by atoms with Gasteiger partial charge in [-0.1, -0.05) is 6.92 Å². The first-order valence-electron chi connectivity index (χ1n) is 6.17. The van der Waals surface area contributed by atoms with E-state index in [1.54, 1.807) is 18.2 Å². The van der Waals surface area contributed by atoms with E-state index in [4.69, 9.17) is 16.2 Å². The number of nitrogens with zero attached hydrogens (tertiary/aromatic N) is 1. The van der Waals surface area contributed by atoms with Gasteiger partial charge in [-0.2, -0.15) is 0 Å². The third kappa shape index (κ3) is 2.41. The van der Waals surface area contributed by atoms with Crippen molar-refractivity contribution in [1.82, 2.24) is 0 Å². The Balaban J connectivity index is 2.35. The van der Waals surface area contributed by atoms with Crippen LogP contribution in [0.25, 0.3) is 0 Å². The van der Waals surface area contributed by atoms with Gasteiger partial charge in [-0.15, -0.1) is 0 Å². The van der Waals surface area contributed by atoms with Crippen molar-refractivity contribution in [2.24, 2.45) is 5.73 Å². The molecule has 1 aromatic carbocycles. The normalized spacial score (nSPS) is 19.8. The monoisotopic (exact) mass is 249 g/mol. The summed E-state index contributed by atoms with van der Waals surface area (Å²) >= 11 is 0. The number of hydrogen-bond donors (Lipinski definition) is 2. The molecule has 0 bridgehead atoms. The zero-order chi connectivity index (χ0) is 13.1. The number of primary amides is 1. The number of nitrogen functional groups attached to an aromatic ring is 1. The van der Waals surface area contributed by atoms with Crippen molar-refractivity contribution in [3.63, 3.8) is 0 Å². The summed E-state index contributed by atoms with van der Waals surface area (Å²) in [6.07, 6.45) is 0.972. The molecule has 0 aliphatic carbocycles. The van der Waals surface area contributed by atoms with Gasteiger partial charge < -0.3 is 21.1 Å². The van der Waals surface area contributed by atoms with Crippen molar-refractivity contribution < 1.29 is 9.53 Å². The zero-order valence-corrected chi connectivity index (χ0v) is 10.6. The summed E-state index contributed by atoms with van der Waals surface area (Å²) in [6.45, 7) is 4.26. The average Bonchev–Trinajstić information content (AvgIpc) is 2.39. The minimum atomic E-state index is -0.433. The first-order valence-corrected chi connectivity index (χ1v) is 6.17. The summed E-state index contributed by atoms with van der Waals surface area (Å²) in [4.78, 5) is 13.4. The van der Waals surface area contributed by atoms with E-state index in [2.05, 4.69) is 11.8 Å². The van der Waals surface area contributed by atoms with Crippen LogP contribution in [0.4, 0.5) is 11.4 Å². The highest BCUT2D eigenvalue weighted by molar-refractivity contribution is 5.95. The fourth-order valence-corrected chi connectivity index (χ4v) is 2.26. The quantitative estimate of drug-likeness (QED) is 0.782. The third-order valence-corrected chi connectivity index (χ3v) is 3.32. The molecule has 2 rings (SSSR count). The van der Waals surface area contributed by atoms with Crippen LogP contribution in [-0.2, 0) is 4.74 Å². The second-order valence-electron chi connectivity index (χ2n) is 4.47. The molecule has 0 radical (unpaired) electrons. The molecule has 18 heavy (non-hydrogen) atoms. The van der Waals surface area contributed by atoms with Crippen molar-refractivity contribution in [2.45, 2.75) is 19.4 Å². The highest BCUT2D eigenvalue weighted by Crippen LogP contribution is 2.28. The lowest BCUT2D eigenvalue weighted by atomic mass is 10.1. The van der Waals surface area contributed by atoms with Crippen molar-refractivity contribution in [3.8, 4) is 0 Å². The molecule has 1 atom stereocenters. The van der Waals surface area contributed by atoms with Gasteiger partial charge in [0, 0.05) is 12.1 Å². The molecule has 5 nitrogen and oxygen atoms in total. The van der Waals surface area contributed by atoms with Crippen molar-refractivity contribution in [2.75, 3.05) is 30.4 Å². The van der Waals surface area contributed by atoms with Crippen LogP contribution in [0.5, 0.6) is 0 Å². The Morgan fingerprint density at radius 3 is 3.00 bits per heavy atom. The van der Waals surface area contributed by atoms with E-state index in [1.165, 1.54) is 0 Å². The summed E-state index contributed by atoms with van der Waals surface area (Å²) in [6, 6.07) is 5.45. The molecule has 1 fully saturated rings. The second kappa shape index (κ2) is 5.27. The lowest BCUT2D eigenvalue weighted by molar-refractivity contribution is 0.0930. The number of morpholine rings is 1. The van der Waals surface area contributed by atoms with Crippen LogP contribution in [-0.4, -0.2) is 31.7 Å². The maximum absolute atomic E-state index is 11.2. The second-order valence-corrected chi connectivity index (χ2v) is 4.47. The number of anilines is 2. The van der Waals surface area contributed by atoms with Gasteiger partial charge in [0.25, 0.3) is 0 Å². The Kier molecular flexibility index (Phi) is 3.72. The van der Waals surface area contributed by atoms with Crippen molar-refractivity contribution in [1.29, 1.82) is 0 Å². The summed E-state index contributed by atoms with van der Waals surface area (Å²) in [7, 11) is 0. The molecule has 1 aromatic rings. The van der Waals surface area contributed by atoms with Crippen LogP contribution >= 0.6 is 0 Å². The molecule has 0 saturated carbocycles. The first-order chi connectivity index (χ1) is 8.63. The molecule has 98 valence electrons. The summed E-state index contributed by atoms with van der Waals surface area (Å²) in [5, 5.41) is 0. The SMILES string of the molecule is CCC1COCCN1c1cc(C(N)=O)ccc1N. The lowest BCUT2D eigenvalue weighted by Gasteiger charge is -2.37. The van der Waals surface area contributed by atoms with Gasteiger partial charge in [0.05, 0.1) is 30.6 Å². The highest BCUT2D eigenvalue weighted by atomic mass is 16.5. The average molecular weight is 249 g/mol. The van der Waals surface area contributed by atoms with Crippen LogP contribution in [0.2, 0.25) is 0 Å². The van der Waals surface area contributed by atoms with E-state index in [0.717, 1.165) is 18.7 Å². The predicted octanol–water partition coefficient (Wildman–Crippen LogP) is 0.983. The highest BCUT2D eigenvalue weighted by Gasteiger charge is 2.23. The summed E-state index contributed by atoms with van der Waals surface area (Å²) in [5.41, 5.74) is 13.3. The largest absolute Gasteiger partial charge is 0.397 e. The minimum Gasteiger partial charge on any atom is -0.397 e. The van der Waals surface area contributed by atoms with Gasteiger partial charge in [0.15, 0.2) is 0 Å². The molecule has 1 aliphatic heterocycles. The van der Waals surface area contributed by atoms with E-state index in [1.807, 2.05) is 0 Å². The van der Waals surface area contributed by atoms with Crippen molar-refractivity contribution >= 4 is 17.3 Å². The molecule has 1 aliphatic rings. The first kappa shape index (κ1) is 12.7. The van der Waals surface area contributed by atoms with E-state index in [9.17, 15) is 4.79 Å². The number of ether oxygens (including phenoxy) is 1. The fourth-order valence-electron chi connectivity index (χ4n) is 2.26. The summed E-state index contributed by atoms with van der Waals surface area (Å²) < 4.78 is 5.47. The van der Waals surface area contributed by atoms with Crippen LogP contribution < -0.4 is 16.4 Å². The van der Waals surface area contributed by atoms with Crippen LogP contribution in [0.15, 0.2) is 18.2 Å². The van der Waals surface area contributed by atoms with E-state index in [-0.39, 0.29) is 0 Å². The molecule has 1 unspecified atom stereocenters. The number of carbonyl (C=O) groups excluding carboxylic acids is 1. The molecular formula is C13H19N3O2. The maximum Gasteiger partial charge on any atom is 0.248 e. The Morgan fingerprint density at radius 1 is 1.56 bits per heavy atom. The molecule has 1 saturated heterocycles. The van der Waals surface area contributed by atoms with Gasteiger partial charge in [0.1, 0.15) is 0 Å². The Labute approximate surface area is 107 Å². The number of nitrogens with two attached hydrogens (primary N) is 2. The molecule has 0 aromatic heterocycles. The molecule has 4 N–H and O–H groups in total. The lowest BCUT2D eigenvalue weighted by Crippen LogP contribution is -2.45. The fraction of sp³-hybridized carbons (Fsp3) is 0.462. The molecule has 5 heteroatoms. The van der Waals surface area contributed by atoms with E-state index >= 15 is 0 Å². The minimum absolute atomic E-state index is 0.296. The molecule has 0 spiro atoms. The predicted molar refractivity (Wildman–Crippen MR) is 71.6 cm³/mol. The Hall–Kier alpha value is -1.75. The standard InChI is InChI=1S/C13H19N3O2/c1-2-10-8-18-6-5-16(10)12-7-9(13(15)17)3-4-11(12)14/h3-4,7,10H,2,5-6,8,14H2,1H3,(H2,15,17). The smallest absolute Gasteiger partial charge is 0.248 e. The van der Waals surface area contributed by atoms with Crippen LogP contribution in [0, 0.1) is 0 Å². The van der Waals surface area contributed by atoms with Gasteiger partial charge >= 0.3 is 0 Å². The zero-order valence-electron chi connectivity index (χ0n) is 10.6. The molecular weight excluding hydrogens is 230 g/mol. The van der Waals surface area contributed by atoms with Gasteiger partial charge in [-0.25, -0.2) is 0 Å². The van der Waals surface area contributed by atoms with Gasteiger partial charge in [-0.3, -0.25) is 4.79 Å². The number of carbonyl (C=O) groups is 1. The van der Waals surface area contributed by atoms with E-state index in [0.29, 0.717) is 30.5 Å². The number of rotatable bonds is 3. The topological polar surface area (TPSA) is 81.6 Å². The number of benzene rings is 1. The molecule has 1 heterocycles. The van der Waals surface area contributed by atoms with Gasteiger partial charge in [-0.05, 0) is 24.6 Å². The maximum atomic E-state index is 11.2. The number of hydrogen-bond acceptors (Lipinski definition) is 4. The Bertz CT molecular complexity index is 448. The van der Waals surface area contributed by atoms with Crippen LogP contribution in [0.1, 0.15) is 23.7 Å². The van der Waals surface area contributed by atoms with E-state index < -0.39 is 5.91 Å². The van der Waals surface area contributed by atoms with Gasteiger partial charge in [0.2, 0.25) is 5.91 Å². The third-order valence-electron chi connectivity index (χ3n) is 3.32. The molecule has 1 amide bonds.